The molecule has 0 fully saturated rings. The Bertz CT molecular complexity index is 566. The maximum atomic E-state index is 6.12. The molecule has 4 nitrogen and oxygen atoms in total. The van der Waals surface area contributed by atoms with E-state index in [1.165, 1.54) is 22.3 Å². The van der Waals surface area contributed by atoms with Crippen LogP contribution in [-0.4, -0.2) is 16.2 Å². The zero-order valence-electron chi connectivity index (χ0n) is 11.7. The van der Waals surface area contributed by atoms with Gasteiger partial charge in [0.15, 0.2) is 0 Å². The van der Waals surface area contributed by atoms with Crippen LogP contribution in [0.1, 0.15) is 28.9 Å². The van der Waals surface area contributed by atoms with Crippen molar-refractivity contribution in [2.24, 2.45) is 5.73 Å². The van der Waals surface area contributed by atoms with E-state index in [9.17, 15) is 0 Å². The average Bonchev–Trinajstić information content (AvgIpc) is 2.68. The van der Waals surface area contributed by atoms with Gasteiger partial charge >= 0.3 is 0 Å². The topological polar surface area (TPSA) is 89.7 Å². The van der Waals surface area contributed by atoms with E-state index in [1.807, 2.05) is 0 Å². The maximum absolute atomic E-state index is 6.12. The molecule has 6 N–H and O–H groups in total. The minimum atomic E-state index is 0. The standard InChI is InChI=1S/C15H19N3.H3N/c1-9-15(10(2)18-17-9)13-5-3-4-11-6-7-12(16)8-14(11)13;/h3-5,12H,6-8,16H2,1-2H3,(H,17,18);1H3/t12-;/m1./s1. The predicted molar refractivity (Wildman–Crippen MR) is 78.5 cm³/mol. The summed E-state index contributed by atoms with van der Waals surface area (Å²) in [7, 11) is 0. The monoisotopic (exact) mass is 258 g/mol. The molecule has 102 valence electrons. The fourth-order valence-electron chi connectivity index (χ4n) is 3.00. The lowest BCUT2D eigenvalue weighted by molar-refractivity contribution is 0.577. The Kier molecular flexibility index (Phi) is 3.73. The summed E-state index contributed by atoms with van der Waals surface area (Å²) in [6.45, 7) is 4.14. The summed E-state index contributed by atoms with van der Waals surface area (Å²) in [5.74, 6) is 0. The molecule has 1 heterocycles. The van der Waals surface area contributed by atoms with E-state index in [0.29, 0.717) is 6.04 Å². The van der Waals surface area contributed by atoms with Crippen molar-refractivity contribution in [3.05, 3.63) is 40.7 Å². The Balaban J connectivity index is 0.00000133. The highest BCUT2D eigenvalue weighted by Crippen LogP contribution is 2.33. The Morgan fingerprint density at radius 2 is 2.11 bits per heavy atom. The van der Waals surface area contributed by atoms with Crippen molar-refractivity contribution in [3.63, 3.8) is 0 Å². The first kappa shape index (κ1) is 13.8. The molecule has 2 aromatic rings. The zero-order valence-corrected chi connectivity index (χ0v) is 11.7. The van der Waals surface area contributed by atoms with Crippen LogP contribution in [0.2, 0.25) is 0 Å². The molecule has 4 heteroatoms. The molecule has 0 amide bonds. The molecule has 0 bridgehead atoms. The molecule has 0 aliphatic heterocycles. The fraction of sp³-hybridized carbons (Fsp3) is 0.400. The molecular weight excluding hydrogens is 236 g/mol. The number of nitrogens with one attached hydrogen (secondary N) is 1. The van der Waals surface area contributed by atoms with Crippen LogP contribution in [0, 0.1) is 13.8 Å². The van der Waals surface area contributed by atoms with Crippen LogP contribution in [0.25, 0.3) is 11.1 Å². The summed E-state index contributed by atoms with van der Waals surface area (Å²) in [5.41, 5.74) is 13.8. The highest BCUT2D eigenvalue weighted by atomic mass is 15.1. The maximum Gasteiger partial charge on any atom is 0.0672 e. The number of H-pyrrole nitrogens is 1. The summed E-state index contributed by atoms with van der Waals surface area (Å²) >= 11 is 0. The molecule has 0 radical (unpaired) electrons. The highest BCUT2D eigenvalue weighted by molar-refractivity contribution is 5.73. The quantitative estimate of drug-likeness (QED) is 0.734. The third-order valence-corrected chi connectivity index (χ3v) is 3.92. The largest absolute Gasteiger partial charge is 0.344 e. The number of nitrogens with zero attached hydrogens (tertiary/aromatic N) is 1. The Hall–Kier alpha value is -1.65. The highest BCUT2D eigenvalue weighted by Gasteiger charge is 2.21. The van der Waals surface area contributed by atoms with Crippen LogP contribution >= 0.6 is 0 Å². The van der Waals surface area contributed by atoms with Crippen LogP contribution in [0.5, 0.6) is 0 Å². The molecule has 1 aromatic carbocycles. The number of aromatic amines is 1. The van der Waals surface area contributed by atoms with Crippen molar-refractivity contribution in [2.45, 2.75) is 39.2 Å². The first-order valence-corrected chi connectivity index (χ1v) is 6.55. The van der Waals surface area contributed by atoms with Gasteiger partial charge in [0.2, 0.25) is 0 Å². The van der Waals surface area contributed by atoms with Crippen molar-refractivity contribution >= 4 is 0 Å². The summed E-state index contributed by atoms with van der Waals surface area (Å²) in [6, 6.07) is 6.87. The van der Waals surface area contributed by atoms with Crippen molar-refractivity contribution in [1.82, 2.24) is 16.3 Å². The number of nitrogens with two attached hydrogens (primary N) is 1. The third-order valence-electron chi connectivity index (χ3n) is 3.92. The molecule has 1 atom stereocenters. The molecule has 0 spiro atoms. The number of aryl methyl sites for hydroxylation is 3. The van der Waals surface area contributed by atoms with Crippen LogP contribution in [-0.2, 0) is 12.8 Å². The van der Waals surface area contributed by atoms with E-state index in [2.05, 4.69) is 42.2 Å². The first-order valence-electron chi connectivity index (χ1n) is 6.55. The molecule has 1 aromatic heterocycles. The second-order valence-electron chi connectivity index (χ2n) is 5.26. The van der Waals surface area contributed by atoms with Gasteiger partial charge in [0.05, 0.1) is 5.69 Å². The van der Waals surface area contributed by atoms with E-state index >= 15 is 0 Å². The zero-order chi connectivity index (χ0) is 12.7. The Morgan fingerprint density at radius 1 is 1.32 bits per heavy atom. The summed E-state index contributed by atoms with van der Waals surface area (Å²) in [5, 5.41) is 7.38. The van der Waals surface area contributed by atoms with E-state index in [1.54, 1.807) is 0 Å². The lowest BCUT2D eigenvalue weighted by Gasteiger charge is -2.24. The molecule has 0 unspecified atom stereocenters. The van der Waals surface area contributed by atoms with Crippen molar-refractivity contribution in [3.8, 4) is 11.1 Å². The molecule has 1 aliphatic carbocycles. The van der Waals surface area contributed by atoms with Gasteiger partial charge in [0, 0.05) is 17.3 Å². The first-order chi connectivity index (χ1) is 8.66. The number of rotatable bonds is 1. The van der Waals surface area contributed by atoms with Gasteiger partial charge in [-0.2, -0.15) is 5.10 Å². The van der Waals surface area contributed by atoms with Crippen LogP contribution in [0.4, 0.5) is 0 Å². The van der Waals surface area contributed by atoms with Gasteiger partial charge in [-0.3, -0.25) is 5.10 Å². The lowest BCUT2D eigenvalue weighted by Crippen LogP contribution is -2.28. The molecular formula is C15H22N4. The van der Waals surface area contributed by atoms with E-state index in [4.69, 9.17) is 5.73 Å². The van der Waals surface area contributed by atoms with Gasteiger partial charge in [0.1, 0.15) is 0 Å². The van der Waals surface area contributed by atoms with E-state index in [0.717, 1.165) is 30.7 Å². The smallest absolute Gasteiger partial charge is 0.0672 e. The molecule has 0 saturated heterocycles. The minimum absolute atomic E-state index is 0. The third kappa shape index (κ3) is 2.29. The van der Waals surface area contributed by atoms with Gasteiger partial charge in [0.25, 0.3) is 0 Å². The second-order valence-corrected chi connectivity index (χ2v) is 5.26. The number of fused-ring (bicyclic) bond motifs is 1. The van der Waals surface area contributed by atoms with Crippen molar-refractivity contribution in [2.75, 3.05) is 0 Å². The number of hydrogen-bond acceptors (Lipinski definition) is 3. The van der Waals surface area contributed by atoms with Crippen molar-refractivity contribution in [1.29, 1.82) is 0 Å². The average molecular weight is 258 g/mol. The van der Waals surface area contributed by atoms with Gasteiger partial charge < -0.3 is 11.9 Å². The van der Waals surface area contributed by atoms with Gasteiger partial charge in [-0.15, -0.1) is 0 Å². The van der Waals surface area contributed by atoms with Gasteiger partial charge in [-0.05, 0) is 49.8 Å². The molecule has 19 heavy (non-hydrogen) atoms. The Morgan fingerprint density at radius 3 is 2.79 bits per heavy atom. The predicted octanol–water partition coefficient (Wildman–Crippen LogP) is 2.67. The minimum Gasteiger partial charge on any atom is -0.344 e. The van der Waals surface area contributed by atoms with E-state index < -0.39 is 0 Å². The fourth-order valence-corrected chi connectivity index (χ4v) is 3.00. The molecule has 0 saturated carbocycles. The van der Waals surface area contributed by atoms with Crippen LogP contribution in [0.3, 0.4) is 0 Å². The van der Waals surface area contributed by atoms with Gasteiger partial charge in [-0.1, -0.05) is 18.2 Å². The number of hydrogen-bond donors (Lipinski definition) is 3. The molecule has 1 aliphatic rings. The molecule has 3 rings (SSSR count). The van der Waals surface area contributed by atoms with Crippen LogP contribution in [0.15, 0.2) is 18.2 Å². The Labute approximate surface area is 114 Å². The normalized spacial score (nSPS) is 17.7. The summed E-state index contributed by atoms with van der Waals surface area (Å²) in [6.07, 6.45) is 3.18. The second kappa shape index (κ2) is 5.15. The summed E-state index contributed by atoms with van der Waals surface area (Å²) < 4.78 is 0. The van der Waals surface area contributed by atoms with Crippen LogP contribution < -0.4 is 11.9 Å². The lowest BCUT2D eigenvalue weighted by atomic mass is 9.83. The van der Waals surface area contributed by atoms with E-state index in [-0.39, 0.29) is 6.15 Å². The SMILES string of the molecule is Cc1n[nH]c(C)c1-c1cccc2c1C[C@H](N)CC2.N. The number of aromatic nitrogens is 2. The van der Waals surface area contributed by atoms with Crippen molar-refractivity contribution < 1.29 is 0 Å². The van der Waals surface area contributed by atoms with Gasteiger partial charge in [-0.25, -0.2) is 0 Å². The summed E-state index contributed by atoms with van der Waals surface area (Å²) in [4.78, 5) is 0. The number of benzene rings is 1.